The van der Waals surface area contributed by atoms with Crippen molar-refractivity contribution >= 4 is 82.3 Å². The number of thiol groups is 1. The normalized spacial score (nSPS) is 22.9. The van der Waals surface area contributed by atoms with Gasteiger partial charge in [0.05, 0.1) is 19.5 Å². The van der Waals surface area contributed by atoms with Crippen LogP contribution >= 0.6 is 36.1 Å². The van der Waals surface area contributed by atoms with Crippen LogP contribution in [-0.4, -0.2) is 135 Å². The van der Waals surface area contributed by atoms with Gasteiger partial charge in [0.2, 0.25) is 11.8 Å². The predicted molar refractivity (Wildman–Crippen MR) is 173 cm³/mol. The number of aliphatic hydroxyl groups is 2. The molecule has 3 rings (SSSR count). The van der Waals surface area contributed by atoms with Gasteiger partial charge in [0.1, 0.15) is 36.3 Å². The number of nitrogen functional groups attached to an aromatic ring is 1. The molecule has 278 valence electrons. The van der Waals surface area contributed by atoms with Crippen molar-refractivity contribution in [1.82, 2.24) is 30.2 Å². The van der Waals surface area contributed by atoms with Crippen LogP contribution in [0.3, 0.4) is 0 Å². The van der Waals surface area contributed by atoms with E-state index in [-0.39, 0.29) is 53.2 Å². The molecular formula is C21H39AlN7O16P3S. The number of aliphatic hydroxyl groups excluding tert-OH is 2. The number of fused-ring (bicyclic) bond motifs is 1. The van der Waals surface area contributed by atoms with Crippen molar-refractivity contribution in [2.45, 2.75) is 50.9 Å². The summed E-state index contributed by atoms with van der Waals surface area (Å²) in [7, 11) is -16.3. The Hall–Kier alpha value is -1.58. The maximum Gasteiger partial charge on any atom is 0.481 e. The Morgan fingerprint density at radius 2 is 1.76 bits per heavy atom. The van der Waals surface area contributed by atoms with Gasteiger partial charge in [0.15, 0.2) is 35.1 Å². The Bertz CT molecular complexity index is 1600. The lowest BCUT2D eigenvalue weighted by Gasteiger charge is -2.30. The molecule has 7 atom stereocenters. The molecule has 0 bridgehead atoms. The largest absolute Gasteiger partial charge is 0.481 e. The number of phosphoric acid groups is 3. The van der Waals surface area contributed by atoms with Crippen molar-refractivity contribution in [2.24, 2.45) is 5.41 Å². The standard InChI is InChI=1S/C21H36N7O16P3S.Al.3H/c1-21(2,16(31)19(32)24-4-3-12(29)23-5-6-48)8-41-47(38,39)44-46(36,37)40-7-11-15(43-45(33,34)35)14(30)20(42-11)28-10-27-13-17(22)25-9-26-18(13)28;;;;/h9-11,14-16,20,30-31,48H,3-8H2,1-2H3,(H,23,29)(H,24,32)(H,36,37)(H,38,39)(H2,22,25,26)(H2,33,34,35);;;;/t11-,14-,15-,16?,20-;;;;/m1..../s1. The zero-order valence-electron chi connectivity index (χ0n) is 25.2. The highest BCUT2D eigenvalue weighted by atomic mass is 32.1. The molecular weight excluding hydrogens is 758 g/mol. The molecule has 0 radical (unpaired) electrons. The van der Waals surface area contributed by atoms with Gasteiger partial charge >= 0.3 is 23.5 Å². The van der Waals surface area contributed by atoms with E-state index in [1.165, 1.54) is 13.8 Å². The molecule has 3 heterocycles. The zero-order valence-corrected chi connectivity index (χ0v) is 28.8. The Morgan fingerprint density at radius 3 is 2.39 bits per heavy atom. The van der Waals surface area contributed by atoms with Crippen LogP contribution in [0.15, 0.2) is 12.7 Å². The zero-order chi connectivity index (χ0) is 36.1. The first kappa shape index (κ1) is 43.6. The fraction of sp³-hybridized carbons (Fsp3) is 0.667. The molecule has 23 nitrogen and oxygen atoms in total. The number of ether oxygens (including phenoxy) is 1. The lowest BCUT2D eigenvalue weighted by Crippen LogP contribution is -2.46. The Kier molecular flexibility index (Phi) is 15.8. The van der Waals surface area contributed by atoms with Crippen molar-refractivity contribution < 1.29 is 75.7 Å². The van der Waals surface area contributed by atoms with Crippen LogP contribution in [0.5, 0.6) is 0 Å². The molecule has 1 fully saturated rings. The number of carbonyl (C=O) groups excluding carboxylic acids is 2. The number of hydrogen-bond donors (Lipinski definition) is 10. The topological polar surface area (TPSA) is 347 Å². The second-order valence-corrected chi connectivity index (χ2v) is 15.5. The first-order valence-corrected chi connectivity index (χ1v) is 18.8. The van der Waals surface area contributed by atoms with E-state index in [9.17, 15) is 53.1 Å². The average molecular weight is 798 g/mol. The minimum Gasteiger partial charge on any atom is -0.386 e. The second kappa shape index (κ2) is 17.8. The first-order valence-electron chi connectivity index (χ1n) is 13.7. The van der Waals surface area contributed by atoms with Gasteiger partial charge in [-0.15, -0.1) is 0 Å². The van der Waals surface area contributed by atoms with Gasteiger partial charge in [-0.1, -0.05) is 13.8 Å². The lowest BCUT2D eigenvalue weighted by atomic mass is 9.87. The molecule has 28 heteroatoms. The molecule has 0 saturated carbocycles. The van der Waals surface area contributed by atoms with Crippen LogP contribution in [-0.2, 0) is 45.9 Å². The molecule has 3 unspecified atom stereocenters. The molecule has 49 heavy (non-hydrogen) atoms. The number of nitrogens with two attached hydrogens (primary N) is 1. The summed E-state index contributed by atoms with van der Waals surface area (Å²) < 4.78 is 61.7. The number of carbonyl (C=O) groups is 2. The molecule has 1 saturated heterocycles. The molecule has 2 aromatic heterocycles. The monoisotopic (exact) mass is 797 g/mol. The summed E-state index contributed by atoms with van der Waals surface area (Å²) in [6, 6.07) is 0. The van der Waals surface area contributed by atoms with E-state index in [0.717, 1.165) is 17.2 Å². The number of aromatic nitrogens is 4. The SMILES string of the molecule is CC(C)(COP(=O)(O)OP(=O)(O)OC[C@H]1O[C@@H](n2cnc3c(N)ncnc32)[C@H](O)[C@@H]1OP(=O)(O)O)C(O)C(=O)NCCC(=O)NCCS.[AlH3]. The second-order valence-electron chi connectivity index (χ2n) is 10.8. The van der Waals surface area contributed by atoms with E-state index >= 15 is 0 Å². The van der Waals surface area contributed by atoms with Gasteiger partial charge in [-0.2, -0.15) is 16.9 Å². The minimum atomic E-state index is -5.54. The summed E-state index contributed by atoms with van der Waals surface area (Å²) in [6.45, 7) is 0.723. The van der Waals surface area contributed by atoms with Crippen LogP contribution < -0.4 is 16.4 Å². The fourth-order valence-electron chi connectivity index (χ4n) is 4.14. The van der Waals surface area contributed by atoms with E-state index in [1.54, 1.807) is 0 Å². The molecule has 0 aromatic carbocycles. The molecule has 1 aliphatic heterocycles. The van der Waals surface area contributed by atoms with Crippen LogP contribution in [0.1, 0.15) is 26.5 Å². The summed E-state index contributed by atoms with van der Waals surface area (Å²) in [4.78, 5) is 74.6. The molecule has 10 N–H and O–H groups in total. The van der Waals surface area contributed by atoms with E-state index in [1.807, 2.05) is 0 Å². The minimum absolute atomic E-state index is 0. The maximum absolute atomic E-state index is 12.6. The summed E-state index contributed by atoms with van der Waals surface area (Å²) in [5, 5.41) is 26.1. The number of phosphoric ester groups is 3. The molecule has 2 aromatic rings. The van der Waals surface area contributed by atoms with Crippen molar-refractivity contribution in [1.29, 1.82) is 0 Å². The highest BCUT2D eigenvalue weighted by Gasteiger charge is 2.50. The van der Waals surface area contributed by atoms with Gasteiger partial charge in [0, 0.05) is 30.7 Å². The van der Waals surface area contributed by atoms with Crippen LogP contribution in [0.25, 0.3) is 11.2 Å². The average Bonchev–Trinajstić information content (AvgIpc) is 3.54. The smallest absolute Gasteiger partial charge is 0.386 e. The lowest BCUT2D eigenvalue weighted by molar-refractivity contribution is -0.137. The summed E-state index contributed by atoms with van der Waals surface area (Å²) in [5.74, 6) is -0.943. The van der Waals surface area contributed by atoms with Crippen molar-refractivity contribution in [3.05, 3.63) is 12.7 Å². The fourth-order valence-corrected chi connectivity index (χ4v) is 7.08. The Labute approximate surface area is 294 Å². The van der Waals surface area contributed by atoms with Gasteiger partial charge < -0.3 is 50.9 Å². The van der Waals surface area contributed by atoms with Crippen LogP contribution in [0, 0.1) is 5.41 Å². The molecule has 0 aliphatic carbocycles. The van der Waals surface area contributed by atoms with Gasteiger partial charge in [0.25, 0.3) is 0 Å². The highest BCUT2D eigenvalue weighted by Crippen LogP contribution is 2.61. The number of anilines is 1. The quantitative estimate of drug-likeness (QED) is 0.0412. The number of nitrogens with one attached hydrogen (secondary N) is 2. The van der Waals surface area contributed by atoms with E-state index in [4.69, 9.17) is 19.5 Å². The van der Waals surface area contributed by atoms with Gasteiger partial charge in [-0.3, -0.25) is 27.7 Å². The van der Waals surface area contributed by atoms with E-state index < -0.39 is 78.6 Å². The van der Waals surface area contributed by atoms with Gasteiger partial charge in [-0.25, -0.2) is 28.6 Å². The summed E-state index contributed by atoms with van der Waals surface area (Å²) in [5.41, 5.74) is 4.30. The number of nitrogens with zero attached hydrogens (tertiary/aromatic N) is 4. The Morgan fingerprint density at radius 1 is 1.10 bits per heavy atom. The highest BCUT2D eigenvalue weighted by molar-refractivity contribution is 7.80. The summed E-state index contributed by atoms with van der Waals surface area (Å²) >= 11 is 3.95. The maximum atomic E-state index is 12.6. The van der Waals surface area contributed by atoms with Crippen LogP contribution in [0.2, 0.25) is 0 Å². The summed E-state index contributed by atoms with van der Waals surface area (Å²) in [6.07, 6.45) is -6.74. The third kappa shape index (κ3) is 12.6. The number of rotatable bonds is 18. The van der Waals surface area contributed by atoms with Crippen LogP contribution in [0.4, 0.5) is 5.82 Å². The molecule has 0 spiro atoms. The third-order valence-corrected chi connectivity index (χ3v) is 9.83. The first-order chi connectivity index (χ1) is 22.2. The van der Waals surface area contributed by atoms with Crippen molar-refractivity contribution in [2.75, 3.05) is 37.8 Å². The molecule has 1 aliphatic rings. The van der Waals surface area contributed by atoms with Crippen molar-refractivity contribution in [3.8, 4) is 0 Å². The van der Waals surface area contributed by atoms with E-state index in [0.29, 0.717) is 12.3 Å². The predicted octanol–water partition coefficient (Wildman–Crippen LogP) is -2.85. The third-order valence-electron chi connectivity index (χ3n) is 6.51. The number of amides is 2. The van der Waals surface area contributed by atoms with E-state index in [2.05, 4.69) is 47.0 Å². The Balaban J connectivity index is 0.00000833. The van der Waals surface area contributed by atoms with Gasteiger partial charge in [-0.05, 0) is 0 Å². The number of imidazole rings is 1. The number of hydrogen-bond acceptors (Lipinski definition) is 17. The van der Waals surface area contributed by atoms with Crippen molar-refractivity contribution in [3.63, 3.8) is 0 Å². The molecule has 2 amide bonds.